The van der Waals surface area contributed by atoms with Gasteiger partial charge in [-0.1, -0.05) is 23.4 Å². The number of benzene rings is 1. The molecule has 2 aromatic rings. The normalized spacial score (nSPS) is 12.0. The number of aromatic nitrogens is 3. The Bertz CT molecular complexity index is 662. The Morgan fingerprint density at radius 3 is 3.00 bits per heavy atom. The largest absolute Gasteiger partial charge is 0.495 e. The molecule has 1 heterocycles. The van der Waals surface area contributed by atoms with Gasteiger partial charge in [0.05, 0.1) is 18.0 Å². The van der Waals surface area contributed by atoms with Gasteiger partial charge >= 0.3 is 0 Å². The Balaban J connectivity index is 2.07. The van der Waals surface area contributed by atoms with Crippen molar-refractivity contribution >= 4 is 35.0 Å². The molecule has 0 aliphatic carbocycles. The molecule has 1 atom stereocenters. The highest BCUT2D eigenvalue weighted by Gasteiger charge is 2.19. The summed E-state index contributed by atoms with van der Waals surface area (Å²) in [4.78, 5) is 12.3. The van der Waals surface area contributed by atoms with Crippen molar-refractivity contribution in [3.05, 3.63) is 29.5 Å². The predicted molar refractivity (Wildman–Crippen MR) is 87.6 cm³/mol. The Morgan fingerprint density at radius 2 is 2.32 bits per heavy atom. The van der Waals surface area contributed by atoms with E-state index in [1.807, 2.05) is 18.4 Å². The van der Waals surface area contributed by atoms with Gasteiger partial charge in [-0.3, -0.25) is 4.79 Å². The highest BCUT2D eigenvalue weighted by atomic mass is 35.5. The van der Waals surface area contributed by atoms with Crippen LogP contribution in [0.3, 0.4) is 0 Å². The number of hydrogen-bond acceptors (Lipinski definition) is 5. The second kappa shape index (κ2) is 7.51. The van der Waals surface area contributed by atoms with Gasteiger partial charge in [-0.05, 0) is 32.0 Å². The zero-order valence-corrected chi connectivity index (χ0v) is 14.1. The lowest BCUT2D eigenvalue weighted by Crippen LogP contribution is -2.23. The van der Waals surface area contributed by atoms with E-state index in [1.54, 1.807) is 31.6 Å². The molecule has 1 aromatic carbocycles. The lowest BCUT2D eigenvalue weighted by Gasteiger charge is -2.14. The molecule has 0 bridgehead atoms. The first-order valence-electron chi connectivity index (χ1n) is 6.74. The molecule has 1 N–H and O–H groups in total. The number of hydrogen-bond donors (Lipinski definition) is 1. The molecule has 1 amide bonds. The van der Waals surface area contributed by atoms with E-state index in [-0.39, 0.29) is 11.2 Å². The molecule has 0 spiro atoms. The number of aryl methyl sites for hydroxylation is 1. The molecule has 0 saturated carbocycles. The van der Waals surface area contributed by atoms with Gasteiger partial charge in [0.2, 0.25) is 5.91 Å². The van der Waals surface area contributed by atoms with Gasteiger partial charge in [0.25, 0.3) is 0 Å². The molecule has 22 heavy (non-hydrogen) atoms. The number of carbonyl (C=O) groups excluding carboxylic acids is 1. The molecular weight excluding hydrogens is 324 g/mol. The fourth-order valence-electron chi connectivity index (χ4n) is 1.78. The van der Waals surface area contributed by atoms with Gasteiger partial charge in [-0.15, -0.1) is 10.2 Å². The third-order valence-electron chi connectivity index (χ3n) is 2.99. The topological polar surface area (TPSA) is 69.0 Å². The molecule has 0 aliphatic rings. The Hall–Kier alpha value is -1.73. The monoisotopic (exact) mass is 340 g/mol. The molecule has 6 nitrogen and oxygen atoms in total. The maximum absolute atomic E-state index is 12.3. The molecule has 0 unspecified atom stereocenters. The number of nitrogens with one attached hydrogen (secondary N) is 1. The van der Waals surface area contributed by atoms with Crippen LogP contribution in [0.2, 0.25) is 5.02 Å². The van der Waals surface area contributed by atoms with E-state index >= 15 is 0 Å². The summed E-state index contributed by atoms with van der Waals surface area (Å²) in [6.07, 6.45) is 1.65. The first kappa shape index (κ1) is 16.6. The number of nitrogens with zero attached hydrogens (tertiary/aromatic N) is 3. The summed E-state index contributed by atoms with van der Waals surface area (Å²) < 4.78 is 7.10. The van der Waals surface area contributed by atoms with Crippen molar-refractivity contribution in [2.45, 2.75) is 30.8 Å². The van der Waals surface area contributed by atoms with Gasteiger partial charge in [0.15, 0.2) is 5.16 Å². The lowest BCUT2D eigenvalue weighted by atomic mass is 10.3. The maximum atomic E-state index is 12.3. The van der Waals surface area contributed by atoms with E-state index in [0.29, 0.717) is 21.6 Å². The van der Waals surface area contributed by atoms with Gasteiger partial charge in [0, 0.05) is 11.6 Å². The minimum absolute atomic E-state index is 0.156. The molecule has 0 saturated heterocycles. The van der Waals surface area contributed by atoms with Crippen LogP contribution >= 0.6 is 23.4 Å². The number of anilines is 1. The fourth-order valence-corrected chi connectivity index (χ4v) is 2.84. The van der Waals surface area contributed by atoms with Crippen LogP contribution in [0.5, 0.6) is 5.75 Å². The summed E-state index contributed by atoms with van der Waals surface area (Å²) >= 11 is 7.31. The van der Waals surface area contributed by atoms with Crippen molar-refractivity contribution in [2.75, 3.05) is 12.4 Å². The van der Waals surface area contributed by atoms with E-state index in [0.717, 1.165) is 6.54 Å². The predicted octanol–water partition coefficient (Wildman–Crippen LogP) is 3.08. The minimum Gasteiger partial charge on any atom is -0.495 e. The van der Waals surface area contributed by atoms with E-state index < -0.39 is 0 Å². The molecular formula is C14H17ClN4O2S. The second-order valence-electron chi connectivity index (χ2n) is 4.49. The number of methoxy groups -OCH3 is 1. The fraction of sp³-hybridized carbons (Fsp3) is 0.357. The second-order valence-corrected chi connectivity index (χ2v) is 6.24. The number of carbonyl (C=O) groups is 1. The van der Waals surface area contributed by atoms with E-state index in [1.165, 1.54) is 11.8 Å². The third kappa shape index (κ3) is 3.92. The highest BCUT2D eigenvalue weighted by molar-refractivity contribution is 8.00. The summed E-state index contributed by atoms with van der Waals surface area (Å²) in [5, 5.41) is 11.6. The minimum atomic E-state index is -0.335. The quantitative estimate of drug-likeness (QED) is 0.818. The highest BCUT2D eigenvalue weighted by Crippen LogP contribution is 2.29. The maximum Gasteiger partial charge on any atom is 0.237 e. The van der Waals surface area contributed by atoms with Crippen molar-refractivity contribution in [1.29, 1.82) is 0 Å². The van der Waals surface area contributed by atoms with Crippen molar-refractivity contribution in [3.8, 4) is 5.75 Å². The lowest BCUT2D eigenvalue weighted by molar-refractivity contribution is -0.115. The van der Waals surface area contributed by atoms with Crippen LogP contribution in [0.4, 0.5) is 5.69 Å². The zero-order valence-electron chi connectivity index (χ0n) is 12.5. The first-order valence-corrected chi connectivity index (χ1v) is 7.99. The Kier molecular flexibility index (Phi) is 5.68. The van der Waals surface area contributed by atoms with Crippen LogP contribution in [-0.4, -0.2) is 33.0 Å². The van der Waals surface area contributed by atoms with Crippen LogP contribution in [0.15, 0.2) is 29.7 Å². The molecule has 0 fully saturated rings. The van der Waals surface area contributed by atoms with Gasteiger partial charge < -0.3 is 14.6 Å². The average molecular weight is 341 g/mol. The first-order chi connectivity index (χ1) is 10.5. The number of amides is 1. The van der Waals surface area contributed by atoms with E-state index in [4.69, 9.17) is 16.3 Å². The molecule has 0 aliphatic heterocycles. The molecule has 8 heteroatoms. The van der Waals surface area contributed by atoms with Crippen molar-refractivity contribution < 1.29 is 9.53 Å². The van der Waals surface area contributed by atoms with Crippen LogP contribution in [-0.2, 0) is 11.3 Å². The van der Waals surface area contributed by atoms with E-state index in [9.17, 15) is 4.79 Å². The summed E-state index contributed by atoms with van der Waals surface area (Å²) in [5.41, 5.74) is 0.546. The van der Waals surface area contributed by atoms with Gasteiger partial charge in [-0.25, -0.2) is 0 Å². The Morgan fingerprint density at radius 1 is 1.55 bits per heavy atom. The summed E-state index contributed by atoms with van der Waals surface area (Å²) in [7, 11) is 1.54. The summed E-state index contributed by atoms with van der Waals surface area (Å²) in [6.45, 7) is 4.56. The molecule has 0 radical (unpaired) electrons. The molecule has 118 valence electrons. The van der Waals surface area contributed by atoms with Crippen molar-refractivity contribution in [2.24, 2.45) is 0 Å². The number of thioether (sulfide) groups is 1. The number of rotatable bonds is 6. The summed E-state index contributed by atoms with van der Waals surface area (Å²) in [6, 6.07) is 5.08. The van der Waals surface area contributed by atoms with Crippen LogP contribution in [0.1, 0.15) is 13.8 Å². The molecule has 2 rings (SSSR count). The SMILES string of the molecule is CCn1cnnc1S[C@H](C)C(=O)Nc1cc(Cl)ccc1OC. The standard InChI is InChI=1S/C14H17ClN4O2S/c1-4-19-8-16-18-14(19)22-9(2)13(20)17-11-7-10(15)5-6-12(11)21-3/h5-9H,4H2,1-3H3,(H,17,20)/t9-/m1/s1. The van der Waals surface area contributed by atoms with Crippen LogP contribution in [0, 0.1) is 0 Å². The van der Waals surface area contributed by atoms with Crippen LogP contribution in [0.25, 0.3) is 0 Å². The van der Waals surface area contributed by atoms with Gasteiger partial charge in [-0.2, -0.15) is 0 Å². The van der Waals surface area contributed by atoms with Crippen molar-refractivity contribution in [3.63, 3.8) is 0 Å². The van der Waals surface area contributed by atoms with Gasteiger partial charge in [0.1, 0.15) is 12.1 Å². The van der Waals surface area contributed by atoms with E-state index in [2.05, 4.69) is 15.5 Å². The third-order valence-corrected chi connectivity index (χ3v) is 4.32. The smallest absolute Gasteiger partial charge is 0.237 e. The zero-order chi connectivity index (χ0) is 16.1. The number of ether oxygens (including phenoxy) is 1. The van der Waals surface area contributed by atoms with Crippen LogP contribution < -0.4 is 10.1 Å². The molecule has 1 aromatic heterocycles. The summed E-state index contributed by atoms with van der Waals surface area (Å²) in [5.74, 6) is 0.405. The average Bonchev–Trinajstić information content (AvgIpc) is 2.94. The van der Waals surface area contributed by atoms with Crippen molar-refractivity contribution in [1.82, 2.24) is 14.8 Å². The number of halogens is 1. The Labute approximate surface area is 138 Å².